The Morgan fingerprint density at radius 3 is 2.48 bits per heavy atom. The van der Waals surface area contributed by atoms with Gasteiger partial charge in [-0.25, -0.2) is 0 Å². The highest BCUT2D eigenvalue weighted by atomic mass is 16.4. The van der Waals surface area contributed by atoms with Crippen LogP contribution in [0.5, 0.6) is 0 Å². The number of benzene rings is 1. The molecule has 3 saturated heterocycles. The minimum absolute atomic E-state index is 0.128. The molecule has 0 radical (unpaired) electrons. The van der Waals surface area contributed by atoms with Gasteiger partial charge in [0, 0.05) is 19.0 Å². The van der Waals surface area contributed by atoms with Gasteiger partial charge < -0.3 is 15.7 Å². The predicted octanol–water partition coefficient (Wildman–Crippen LogP) is 2.36. The van der Waals surface area contributed by atoms with Crippen LogP contribution in [0.3, 0.4) is 0 Å². The van der Waals surface area contributed by atoms with Gasteiger partial charge in [-0.3, -0.25) is 4.79 Å². The number of carbonyl (C=O) groups is 1. The van der Waals surface area contributed by atoms with Crippen molar-refractivity contribution in [3.8, 4) is 0 Å². The average Bonchev–Trinajstić information content (AvgIpc) is 2.54. The number of hydrogen-bond donors (Lipinski definition) is 2. The molecule has 0 aromatic heterocycles. The van der Waals surface area contributed by atoms with Crippen LogP contribution in [-0.4, -0.2) is 35.6 Å². The summed E-state index contributed by atoms with van der Waals surface area (Å²) in [6, 6.07) is 8.38. The molecule has 2 bridgehead atoms. The smallest absolute Gasteiger partial charge is 0.303 e. The van der Waals surface area contributed by atoms with E-state index in [0.717, 1.165) is 11.5 Å². The summed E-state index contributed by atoms with van der Waals surface area (Å²) in [5.74, 6) is 0.715. The van der Waals surface area contributed by atoms with Gasteiger partial charge in [-0.15, -0.1) is 0 Å². The Morgan fingerprint density at radius 2 is 1.95 bits per heavy atom. The van der Waals surface area contributed by atoms with Crippen molar-refractivity contribution in [2.45, 2.75) is 37.6 Å². The van der Waals surface area contributed by atoms with Crippen LogP contribution in [0.15, 0.2) is 24.3 Å². The average molecular weight is 288 g/mol. The van der Waals surface area contributed by atoms with Crippen LogP contribution in [0.1, 0.15) is 48.8 Å². The SMILES string of the molecule is NC(CCC(=O)O)c1ccc(C2CN3CCC2CC3)cc1. The molecule has 0 saturated carbocycles. The van der Waals surface area contributed by atoms with E-state index in [2.05, 4.69) is 29.2 Å². The van der Waals surface area contributed by atoms with Crippen molar-refractivity contribution in [3.63, 3.8) is 0 Å². The second kappa shape index (κ2) is 6.16. The van der Waals surface area contributed by atoms with Crippen molar-refractivity contribution in [1.29, 1.82) is 0 Å². The Hall–Kier alpha value is -1.39. The molecule has 3 aliphatic heterocycles. The molecule has 3 aliphatic rings. The molecule has 21 heavy (non-hydrogen) atoms. The van der Waals surface area contributed by atoms with Crippen LogP contribution >= 0.6 is 0 Å². The largest absolute Gasteiger partial charge is 0.481 e. The van der Waals surface area contributed by atoms with E-state index in [1.807, 2.05) is 0 Å². The molecule has 0 spiro atoms. The fourth-order valence-corrected chi connectivity index (χ4v) is 3.78. The molecule has 0 amide bonds. The van der Waals surface area contributed by atoms with Crippen molar-refractivity contribution >= 4 is 5.97 Å². The van der Waals surface area contributed by atoms with E-state index in [-0.39, 0.29) is 12.5 Å². The highest BCUT2D eigenvalue weighted by Gasteiger charge is 2.34. The lowest BCUT2D eigenvalue weighted by molar-refractivity contribution is -0.137. The maximum Gasteiger partial charge on any atom is 0.303 e. The molecule has 3 fully saturated rings. The van der Waals surface area contributed by atoms with E-state index in [1.54, 1.807) is 0 Å². The second-order valence-electron chi connectivity index (χ2n) is 6.45. The zero-order valence-electron chi connectivity index (χ0n) is 12.4. The molecule has 2 atom stereocenters. The number of piperidine rings is 3. The molecule has 4 heteroatoms. The van der Waals surface area contributed by atoms with Crippen molar-refractivity contribution in [2.24, 2.45) is 11.7 Å². The predicted molar refractivity (Wildman–Crippen MR) is 82.1 cm³/mol. The molecular weight excluding hydrogens is 264 g/mol. The van der Waals surface area contributed by atoms with Crippen LogP contribution < -0.4 is 5.73 Å². The summed E-state index contributed by atoms with van der Waals surface area (Å²) < 4.78 is 0. The normalized spacial score (nSPS) is 29.3. The lowest BCUT2D eigenvalue weighted by Gasteiger charge is -2.45. The lowest BCUT2D eigenvalue weighted by Crippen LogP contribution is -2.46. The molecule has 3 N–H and O–H groups in total. The number of carboxylic acids is 1. The summed E-state index contributed by atoms with van der Waals surface area (Å²) >= 11 is 0. The molecule has 1 aromatic carbocycles. The molecule has 3 heterocycles. The van der Waals surface area contributed by atoms with Gasteiger partial charge in [-0.2, -0.15) is 0 Å². The summed E-state index contributed by atoms with van der Waals surface area (Å²) in [6.07, 6.45) is 3.27. The van der Waals surface area contributed by atoms with Crippen LogP contribution in [0.4, 0.5) is 0 Å². The summed E-state index contributed by atoms with van der Waals surface area (Å²) in [6.45, 7) is 3.72. The van der Waals surface area contributed by atoms with E-state index < -0.39 is 5.97 Å². The number of hydrogen-bond acceptors (Lipinski definition) is 3. The van der Waals surface area contributed by atoms with E-state index in [9.17, 15) is 4.79 Å². The maximum atomic E-state index is 10.6. The zero-order valence-corrected chi connectivity index (χ0v) is 12.4. The first-order valence-electron chi connectivity index (χ1n) is 7.93. The van der Waals surface area contributed by atoms with Crippen molar-refractivity contribution in [2.75, 3.05) is 19.6 Å². The first-order valence-corrected chi connectivity index (χ1v) is 7.93. The first-order chi connectivity index (χ1) is 10.1. The third-order valence-electron chi connectivity index (χ3n) is 5.12. The third kappa shape index (κ3) is 3.27. The molecule has 114 valence electrons. The Bertz CT molecular complexity index is 492. The lowest BCUT2D eigenvalue weighted by atomic mass is 9.75. The summed E-state index contributed by atoms with van der Waals surface area (Å²) in [5, 5.41) is 8.72. The molecule has 2 unspecified atom stereocenters. The summed E-state index contributed by atoms with van der Waals surface area (Å²) in [7, 11) is 0. The third-order valence-corrected chi connectivity index (χ3v) is 5.12. The topological polar surface area (TPSA) is 66.6 Å². The number of carboxylic acid groups (broad SMARTS) is 1. The Balaban J connectivity index is 1.65. The second-order valence-corrected chi connectivity index (χ2v) is 6.45. The molecular formula is C17H24N2O2. The minimum atomic E-state index is -0.783. The number of nitrogens with zero attached hydrogens (tertiary/aromatic N) is 1. The fourth-order valence-electron chi connectivity index (χ4n) is 3.78. The van der Waals surface area contributed by atoms with E-state index >= 15 is 0 Å². The molecule has 0 aliphatic carbocycles. The van der Waals surface area contributed by atoms with Gasteiger partial charge in [0.05, 0.1) is 0 Å². The van der Waals surface area contributed by atoms with Crippen LogP contribution in [0.25, 0.3) is 0 Å². The van der Waals surface area contributed by atoms with Gasteiger partial charge >= 0.3 is 5.97 Å². The standard InChI is InChI=1S/C17H24N2O2/c18-16(5-6-17(20)21)14-3-1-12(2-4-14)15-11-19-9-7-13(15)8-10-19/h1-4,13,15-16H,5-11,18H2,(H,20,21). The molecule has 4 rings (SSSR count). The number of rotatable bonds is 5. The maximum absolute atomic E-state index is 10.6. The highest BCUT2D eigenvalue weighted by molar-refractivity contribution is 5.66. The quantitative estimate of drug-likeness (QED) is 0.873. The van der Waals surface area contributed by atoms with E-state index in [0.29, 0.717) is 12.3 Å². The summed E-state index contributed by atoms with van der Waals surface area (Å²) in [5.41, 5.74) is 8.52. The Labute approximate surface area is 125 Å². The van der Waals surface area contributed by atoms with Gasteiger partial charge in [0.1, 0.15) is 0 Å². The first kappa shape index (κ1) is 14.5. The molecule has 4 nitrogen and oxygen atoms in total. The highest BCUT2D eigenvalue weighted by Crippen LogP contribution is 2.39. The van der Waals surface area contributed by atoms with E-state index in [1.165, 1.54) is 38.0 Å². The molecule has 1 aromatic rings. The van der Waals surface area contributed by atoms with Crippen molar-refractivity contribution < 1.29 is 9.90 Å². The van der Waals surface area contributed by atoms with Gasteiger partial charge in [0.25, 0.3) is 0 Å². The number of fused-ring (bicyclic) bond motifs is 3. The monoisotopic (exact) mass is 288 g/mol. The fraction of sp³-hybridized carbons (Fsp3) is 0.588. The van der Waals surface area contributed by atoms with Gasteiger partial charge in [-0.05, 0) is 55.3 Å². The van der Waals surface area contributed by atoms with Gasteiger partial charge in [0.15, 0.2) is 0 Å². The van der Waals surface area contributed by atoms with Gasteiger partial charge in [-0.1, -0.05) is 24.3 Å². The Morgan fingerprint density at radius 1 is 1.29 bits per heavy atom. The number of nitrogens with two attached hydrogens (primary N) is 1. The van der Waals surface area contributed by atoms with Crippen LogP contribution in [0, 0.1) is 5.92 Å². The van der Waals surface area contributed by atoms with Crippen LogP contribution in [0.2, 0.25) is 0 Å². The Kier molecular flexibility index (Phi) is 4.27. The van der Waals surface area contributed by atoms with Crippen molar-refractivity contribution in [3.05, 3.63) is 35.4 Å². The van der Waals surface area contributed by atoms with Crippen LogP contribution in [-0.2, 0) is 4.79 Å². The van der Waals surface area contributed by atoms with Gasteiger partial charge in [0.2, 0.25) is 0 Å². The zero-order chi connectivity index (χ0) is 14.8. The number of aliphatic carboxylic acids is 1. The summed E-state index contributed by atoms with van der Waals surface area (Å²) in [4.78, 5) is 13.2. The van der Waals surface area contributed by atoms with E-state index in [4.69, 9.17) is 10.8 Å². The minimum Gasteiger partial charge on any atom is -0.481 e. The van der Waals surface area contributed by atoms with Crippen molar-refractivity contribution in [1.82, 2.24) is 4.90 Å².